The van der Waals surface area contributed by atoms with E-state index in [0.29, 0.717) is 18.5 Å². The summed E-state index contributed by atoms with van der Waals surface area (Å²) in [6.45, 7) is 7.99. The Labute approximate surface area is 115 Å². The van der Waals surface area contributed by atoms with Gasteiger partial charge in [-0.05, 0) is 32.7 Å². The number of anilines is 1. The molecule has 1 atom stereocenters. The lowest BCUT2D eigenvalue weighted by molar-refractivity contribution is 0.326. The van der Waals surface area contributed by atoms with E-state index in [0.717, 1.165) is 31.9 Å². The topological polar surface area (TPSA) is 50.3 Å². The van der Waals surface area contributed by atoms with Crippen LogP contribution in [0.3, 0.4) is 0 Å². The van der Waals surface area contributed by atoms with Crippen molar-refractivity contribution >= 4 is 5.82 Å². The van der Waals surface area contributed by atoms with Crippen molar-refractivity contribution in [3.63, 3.8) is 0 Å². The molecule has 1 saturated heterocycles. The van der Waals surface area contributed by atoms with Gasteiger partial charge in [0.1, 0.15) is 12.1 Å². The van der Waals surface area contributed by atoms with Gasteiger partial charge in [-0.25, -0.2) is 9.97 Å². The molecule has 0 aromatic carbocycles. The van der Waals surface area contributed by atoms with Crippen LogP contribution in [0.5, 0.6) is 5.88 Å². The monoisotopic (exact) mass is 264 g/mol. The van der Waals surface area contributed by atoms with Gasteiger partial charge in [-0.15, -0.1) is 0 Å². The molecule has 5 nitrogen and oxygen atoms in total. The number of aromatic nitrogens is 2. The number of nitrogens with one attached hydrogen (secondary N) is 1. The van der Waals surface area contributed by atoms with E-state index in [-0.39, 0.29) is 0 Å². The maximum atomic E-state index is 5.47. The summed E-state index contributed by atoms with van der Waals surface area (Å²) >= 11 is 0. The summed E-state index contributed by atoms with van der Waals surface area (Å²) < 4.78 is 5.47. The minimum absolute atomic E-state index is 0.526. The lowest BCUT2D eigenvalue weighted by atomic mass is 10.1. The van der Waals surface area contributed by atoms with E-state index in [9.17, 15) is 0 Å². The Morgan fingerprint density at radius 2 is 2.32 bits per heavy atom. The average Bonchev–Trinajstić information content (AvgIpc) is 2.46. The second kappa shape index (κ2) is 7.28. The van der Waals surface area contributed by atoms with Gasteiger partial charge >= 0.3 is 0 Å². The highest BCUT2D eigenvalue weighted by molar-refractivity contribution is 5.42. The molecule has 0 bridgehead atoms. The molecule has 0 amide bonds. The first-order valence-corrected chi connectivity index (χ1v) is 7.27. The van der Waals surface area contributed by atoms with Crippen molar-refractivity contribution in [1.29, 1.82) is 0 Å². The Morgan fingerprint density at radius 3 is 3.00 bits per heavy atom. The van der Waals surface area contributed by atoms with Crippen molar-refractivity contribution in [1.82, 2.24) is 15.3 Å². The SMILES string of the molecule is CCCN(c1cc(OCC)ncn1)C1CCCNC1. The van der Waals surface area contributed by atoms with Crippen LogP contribution in [0.4, 0.5) is 5.82 Å². The van der Waals surface area contributed by atoms with E-state index in [1.54, 1.807) is 6.33 Å². The Balaban J connectivity index is 2.14. The molecule has 106 valence electrons. The minimum atomic E-state index is 0.526. The van der Waals surface area contributed by atoms with Gasteiger partial charge < -0.3 is 15.0 Å². The minimum Gasteiger partial charge on any atom is -0.478 e. The van der Waals surface area contributed by atoms with Crippen LogP contribution in [0.1, 0.15) is 33.1 Å². The Kier molecular flexibility index (Phi) is 5.39. The summed E-state index contributed by atoms with van der Waals surface area (Å²) in [4.78, 5) is 10.9. The number of hydrogen-bond donors (Lipinski definition) is 1. The molecule has 0 aliphatic carbocycles. The molecule has 1 N–H and O–H groups in total. The van der Waals surface area contributed by atoms with Crippen molar-refractivity contribution in [2.45, 2.75) is 39.2 Å². The largest absolute Gasteiger partial charge is 0.478 e. The first-order chi connectivity index (χ1) is 9.35. The van der Waals surface area contributed by atoms with Gasteiger partial charge in [0.15, 0.2) is 0 Å². The van der Waals surface area contributed by atoms with Crippen LogP contribution in [0, 0.1) is 0 Å². The zero-order valence-electron chi connectivity index (χ0n) is 11.9. The van der Waals surface area contributed by atoms with Crippen molar-refractivity contribution in [2.75, 3.05) is 31.1 Å². The average molecular weight is 264 g/mol. The molecule has 2 rings (SSSR count). The molecule has 1 aromatic heterocycles. The van der Waals surface area contributed by atoms with E-state index >= 15 is 0 Å². The molecule has 0 spiro atoms. The highest BCUT2D eigenvalue weighted by Crippen LogP contribution is 2.21. The maximum Gasteiger partial charge on any atom is 0.218 e. The van der Waals surface area contributed by atoms with Gasteiger partial charge in [0.2, 0.25) is 5.88 Å². The van der Waals surface area contributed by atoms with Crippen LogP contribution in [-0.4, -0.2) is 42.3 Å². The fraction of sp³-hybridized carbons (Fsp3) is 0.714. The molecule has 0 radical (unpaired) electrons. The summed E-state index contributed by atoms with van der Waals surface area (Å²) in [5, 5.41) is 3.47. The zero-order valence-corrected chi connectivity index (χ0v) is 11.9. The summed E-state index contributed by atoms with van der Waals surface area (Å²) in [6, 6.07) is 2.48. The third-order valence-corrected chi connectivity index (χ3v) is 3.39. The van der Waals surface area contributed by atoms with Gasteiger partial charge in [-0.2, -0.15) is 0 Å². The lowest BCUT2D eigenvalue weighted by Crippen LogP contribution is -2.46. The summed E-state index contributed by atoms with van der Waals surface area (Å²) in [5.41, 5.74) is 0. The Morgan fingerprint density at radius 1 is 1.42 bits per heavy atom. The number of rotatable bonds is 6. The standard InChI is InChI=1S/C14H24N4O/c1-3-8-18(12-6-5-7-15-10-12)13-9-14(19-4-2)17-11-16-13/h9,11-12,15H,3-8,10H2,1-2H3. The van der Waals surface area contributed by atoms with E-state index in [1.807, 2.05) is 13.0 Å². The third kappa shape index (κ3) is 3.80. The van der Waals surface area contributed by atoms with Gasteiger partial charge in [0, 0.05) is 25.2 Å². The van der Waals surface area contributed by atoms with Crippen molar-refractivity contribution in [2.24, 2.45) is 0 Å². The van der Waals surface area contributed by atoms with Crippen LogP contribution >= 0.6 is 0 Å². The van der Waals surface area contributed by atoms with Crippen LogP contribution in [0.2, 0.25) is 0 Å². The summed E-state index contributed by atoms with van der Waals surface area (Å²) in [5.74, 6) is 1.64. The van der Waals surface area contributed by atoms with Gasteiger partial charge in [-0.1, -0.05) is 6.92 Å². The van der Waals surface area contributed by atoms with Crippen molar-refractivity contribution in [3.05, 3.63) is 12.4 Å². The van der Waals surface area contributed by atoms with Crippen LogP contribution < -0.4 is 15.0 Å². The van der Waals surface area contributed by atoms with Crippen LogP contribution in [0.25, 0.3) is 0 Å². The predicted molar refractivity (Wildman–Crippen MR) is 76.7 cm³/mol. The molecule has 0 saturated carbocycles. The Bertz CT molecular complexity index is 379. The summed E-state index contributed by atoms with van der Waals surface area (Å²) in [7, 11) is 0. The van der Waals surface area contributed by atoms with Crippen LogP contribution in [0.15, 0.2) is 12.4 Å². The molecule has 19 heavy (non-hydrogen) atoms. The molecular weight excluding hydrogens is 240 g/mol. The molecule has 2 heterocycles. The molecule has 1 aromatic rings. The number of ether oxygens (including phenoxy) is 1. The normalized spacial score (nSPS) is 19.2. The highest BCUT2D eigenvalue weighted by Gasteiger charge is 2.21. The van der Waals surface area contributed by atoms with E-state index in [1.165, 1.54) is 12.8 Å². The van der Waals surface area contributed by atoms with E-state index in [2.05, 4.69) is 27.1 Å². The van der Waals surface area contributed by atoms with Crippen molar-refractivity contribution in [3.8, 4) is 5.88 Å². The molecule has 5 heteroatoms. The number of nitrogens with zero attached hydrogens (tertiary/aromatic N) is 3. The lowest BCUT2D eigenvalue weighted by Gasteiger charge is -2.35. The van der Waals surface area contributed by atoms with Crippen LogP contribution in [-0.2, 0) is 0 Å². The number of hydrogen-bond acceptors (Lipinski definition) is 5. The Hall–Kier alpha value is -1.36. The maximum absolute atomic E-state index is 5.47. The molecule has 1 aliphatic rings. The zero-order chi connectivity index (χ0) is 13.5. The molecular formula is C14H24N4O. The smallest absolute Gasteiger partial charge is 0.218 e. The molecule has 1 aliphatic heterocycles. The first kappa shape index (κ1) is 14.1. The predicted octanol–water partition coefficient (Wildman–Crippen LogP) is 1.84. The quantitative estimate of drug-likeness (QED) is 0.849. The molecule has 1 fully saturated rings. The van der Waals surface area contributed by atoms with Crippen molar-refractivity contribution < 1.29 is 4.74 Å². The second-order valence-electron chi connectivity index (χ2n) is 4.84. The first-order valence-electron chi connectivity index (χ1n) is 7.27. The van der Waals surface area contributed by atoms with E-state index in [4.69, 9.17) is 4.74 Å². The number of piperidine rings is 1. The summed E-state index contributed by atoms with van der Waals surface area (Å²) in [6.07, 6.45) is 5.17. The third-order valence-electron chi connectivity index (χ3n) is 3.39. The second-order valence-corrected chi connectivity index (χ2v) is 4.84. The van der Waals surface area contributed by atoms with Gasteiger partial charge in [0.05, 0.1) is 6.61 Å². The van der Waals surface area contributed by atoms with Gasteiger partial charge in [-0.3, -0.25) is 0 Å². The molecule has 1 unspecified atom stereocenters. The fourth-order valence-electron chi connectivity index (χ4n) is 2.54. The van der Waals surface area contributed by atoms with E-state index < -0.39 is 0 Å². The fourth-order valence-corrected chi connectivity index (χ4v) is 2.54. The van der Waals surface area contributed by atoms with Gasteiger partial charge in [0.25, 0.3) is 0 Å². The highest BCUT2D eigenvalue weighted by atomic mass is 16.5.